The van der Waals surface area contributed by atoms with Crippen molar-refractivity contribution in [2.45, 2.75) is 13.3 Å². The van der Waals surface area contributed by atoms with Gasteiger partial charge in [0.25, 0.3) is 0 Å². The fourth-order valence-electron chi connectivity index (χ4n) is 1.43. The maximum atomic E-state index is 12.8. The van der Waals surface area contributed by atoms with Gasteiger partial charge in [-0.05, 0) is 53.3 Å². The second kappa shape index (κ2) is 5.27. The van der Waals surface area contributed by atoms with Crippen molar-refractivity contribution in [3.63, 3.8) is 0 Å². The molecular weight excluding hydrogens is 354 g/mol. The fraction of sp³-hybridized carbons (Fsp3) is 0.167. The van der Waals surface area contributed by atoms with Gasteiger partial charge in [-0.3, -0.25) is 0 Å². The summed E-state index contributed by atoms with van der Waals surface area (Å²) in [4.78, 5) is 8.63. The quantitative estimate of drug-likeness (QED) is 0.594. The second-order valence-corrected chi connectivity index (χ2v) is 4.90. The van der Waals surface area contributed by atoms with Crippen molar-refractivity contribution in [3.05, 3.63) is 44.5 Å². The molecule has 5 heteroatoms. The van der Waals surface area contributed by atoms with Gasteiger partial charge in [-0.2, -0.15) is 0 Å². The SMILES string of the molecule is CCc1nc(-c2ccc(F)cc2)nc(Cl)c1I. The highest BCUT2D eigenvalue weighted by molar-refractivity contribution is 14.1. The maximum absolute atomic E-state index is 12.8. The standard InChI is InChI=1S/C12H9ClFIN2/c1-2-9-10(15)11(13)17-12(16-9)7-3-5-8(14)6-4-7/h3-6H,2H2,1H3. The number of hydrogen-bond donors (Lipinski definition) is 0. The van der Waals surface area contributed by atoms with E-state index in [9.17, 15) is 4.39 Å². The molecule has 88 valence electrons. The van der Waals surface area contributed by atoms with Crippen LogP contribution >= 0.6 is 34.2 Å². The third-order valence-electron chi connectivity index (χ3n) is 2.32. The summed E-state index contributed by atoms with van der Waals surface area (Å²) in [7, 11) is 0. The normalized spacial score (nSPS) is 10.6. The Balaban J connectivity index is 2.52. The lowest BCUT2D eigenvalue weighted by atomic mass is 10.2. The Kier molecular flexibility index (Phi) is 3.93. The largest absolute Gasteiger partial charge is 0.232 e. The van der Waals surface area contributed by atoms with Crippen molar-refractivity contribution in [2.24, 2.45) is 0 Å². The van der Waals surface area contributed by atoms with Crippen LogP contribution in [0.5, 0.6) is 0 Å². The molecule has 0 saturated heterocycles. The molecule has 17 heavy (non-hydrogen) atoms. The molecule has 1 aromatic carbocycles. The smallest absolute Gasteiger partial charge is 0.161 e. The van der Waals surface area contributed by atoms with E-state index in [2.05, 4.69) is 32.6 Å². The van der Waals surface area contributed by atoms with Gasteiger partial charge in [0.05, 0.1) is 9.26 Å². The van der Waals surface area contributed by atoms with Crippen molar-refractivity contribution in [3.8, 4) is 11.4 Å². The van der Waals surface area contributed by atoms with E-state index < -0.39 is 0 Å². The number of aryl methyl sites for hydroxylation is 1. The minimum Gasteiger partial charge on any atom is -0.232 e. The number of aromatic nitrogens is 2. The molecule has 0 aliphatic carbocycles. The summed E-state index contributed by atoms with van der Waals surface area (Å²) in [6, 6.07) is 6.06. The molecule has 0 amide bonds. The highest BCUT2D eigenvalue weighted by Crippen LogP contribution is 2.24. The molecule has 0 unspecified atom stereocenters. The van der Waals surface area contributed by atoms with Crippen LogP contribution in [0.25, 0.3) is 11.4 Å². The Morgan fingerprint density at radius 3 is 2.47 bits per heavy atom. The molecule has 1 aromatic heterocycles. The van der Waals surface area contributed by atoms with Gasteiger partial charge in [0.2, 0.25) is 0 Å². The van der Waals surface area contributed by atoms with Crippen LogP contribution in [0.1, 0.15) is 12.6 Å². The maximum Gasteiger partial charge on any atom is 0.161 e. The predicted molar refractivity (Wildman–Crippen MR) is 74.5 cm³/mol. The monoisotopic (exact) mass is 362 g/mol. The molecule has 2 aromatic rings. The summed E-state index contributed by atoms with van der Waals surface area (Å²) >= 11 is 8.18. The number of nitrogens with zero attached hydrogens (tertiary/aromatic N) is 2. The topological polar surface area (TPSA) is 25.8 Å². The van der Waals surface area contributed by atoms with E-state index in [-0.39, 0.29) is 5.82 Å². The zero-order chi connectivity index (χ0) is 12.4. The van der Waals surface area contributed by atoms with Crippen LogP contribution in [0.15, 0.2) is 24.3 Å². The van der Waals surface area contributed by atoms with Crippen LogP contribution in [0.3, 0.4) is 0 Å². The molecule has 1 heterocycles. The van der Waals surface area contributed by atoms with Gasteiger partial charge in [-0.1, -0.05) is 18.5 Å². The molecule has 0 saturated carbocycles. The van der Waals surface area contributed by atoms with Gasteiger partial charge < -0.3 is 0 Å². The van der Waals surface area contributed by atoms with Gasteiger partial charge in [0.1, 0.15) is 11.0 Å². The average molecular weight is 363 g/mol. The van der Waals surface area contributed by atoms with E-state index in [1.54, 1.807) is 12.1 Å². The molecule has 0 aliphatic rings. The summed E-state index contributed by atoms with van der Waals surface area (Å²) in [5, 5.41) is 0.441. The van der Waals surface area contributed by atoms with Gasteiger partial charge in [0.15, 0.2) is 5.82 Å². The Hall–Kier alpha value is -0.750. The molecule has 2 rings (SSSR count). The molecule has 0 bridgehead atoms. The third-order valence-corrected chi connectivity index (χ3v) is 4.04. The lowest BCUT2D eigenvalue weighted by Crippen LogP contribution is -1.99. The Bertz CT molecular complexity index is 543. The lowest BCUT2D eigenvalue weighted by molar-refractivity contribution is 0.628. The van der Waals surface area contributed by atoms with Crippen LogP contribution in [0, 0.1) is 9.39 Å². The minimum absolute atomic E-state index is 0.277. The van der Waals surface area contributed by atoms with Gasteiger partial charge in [-0.25, -0.2) is 14.4 Å². The van der Waals surface area contributed by atoms with Crippen molar-refractivity contribution in [1.29, 1.82) is 0 Å². The van der Waals surface area contributed by atoms with E-state index in [0.717, 1.165) is 21.2 Å². The summed E-state index contributed by atoms with van der Waals surface area (Å²) in [5.41, 5.74) is 1.67. The van der Waals surface area contributed by atoms with Crippen molar-refractivity contribution in [2.75, 3.05) is 0 Å². The van der Waals surface area contributed by atoms with Crippen molar-refractivity contribution in [1.82, 2.24) is 9.97 Å². The van der Waals surface area contributed by atoms with E-state index in [4.69, 9.17) is 11.6 Å². The number of hydrogen-bond acceptors (Lipinski definition) is 2. The number of benzene rings is 1. The van der Waals surface area contributed by atoms with Crippen molar-refractivity contribution >= 4 is 34.2 Å². The lowest BCUT2D eigenvalue weighted by Gasteiger charge is -2.06. The Labute approximate surface area is 117 Å². The van der Waals surface area contributed by atoms with E-state index in [0.29, 0.717) is 11.0 Å². The second-order valence-electron chi connectivity index (χ2n) is 3.46. The number of rotatable bonds is 2. The molecule has 0 aliphatic heterocycles. The number of halogens is 3. The molecular formula is C12H9ClFIN2. The fourth-order valence-corrected chi connectivity index (χ4v) is 2.24. The van der Waals surface area contributed by atoms with Crippen LogP contribution in [-0.2, 0) is 6.42 Å². The Morgan fingerprint density at radius 2 is 1.88 bits per heavy atom. The van der Waals surface area contributed by atoms with E-state index in [1.165, 1.54) is 12.1 Å². The first-order valence-corrected chi connectivity index (χ1v) is 6.55. The molecule has 0 fully saturated rings. The zero-order valence-electron chi connectivity index (χ0n) is 9.04. The van der Waals surface area contributed by atoms with Crippen LogP contribution in [0.4, 0.5) is 4.39 Å². The van der Waals surface area contributed by atoms with E-state index >= 15 is 0 Å². The zero-order valence-corrected chi connectivity index (χ0v) is 12.0. The van der Waals surface area contributed by atoms with Crippen LogP contribution < -0.4 is 0 Å². The van der Waals surface area contributed by atoms with E-state index in [1.807, 2.05) is 6.92 Å². The highest BCUT2D eigenvalue weighted by Gasteiger charge is 2.10. The summed E-state index contributed by atoms with van der Waals surface area (Å²) in [6.07, 6.45) is 0.786. The molecule has 0 N–H and O–H groups in total. The summed E-state index contributed by atoms with van der Waals surface area (Å²) in [5.74, 6) is 0.258. The Morgan fingerprint density at radius 1 is 1.24 bits per heavy atom. The minimum atomic E-state index is -0.277. The van der Waals surface area contributed by atoms with Crippen LogP contribution in [0.2, 0.25) is 5.15 Å². The molecule has 0 spiro atoms. The van der Waals surface area contributed by atoms with Gasteiger partial charge >= 0.3 is 0 Å². The highest BCUT2D eigenvalue weighted by atomic mass is 127. The first-order chi connectivity index (χ1) is 8.11. The summed E-state index contributed by atoms with van der Waals surface area (Å²) < 4.78 is 13.7. The first kappa shape index (κ1) is 12.7. The molecule has 2 nitrogen and oxygen atoms in total. The third kappa shape index (κ3) is 2.74. The van der Waals surface area contributed by atoms with Gasteiger partial charge in [0, 0.05) is 5.56 Å². The van der Waals surface area contributed by atoms with Crippen molar-refractivity contribution < 1.29 is 4.39 Å². The van der Waals surface area contributed by atoms with Crippen LogP contribution in [-0.4, -0.2) is 9.97 Å². The predicted octanol–water partition coefficient (Wildman–Crippen LogP) is 4.10. The molecule has 0 radical (unpaired) electrons. The first-order valence-electron chi connectivity index (χ1n) is 5.09. The molecule has 0 atom stereocenters. The summed E-state index contributed by atoms with van der Waals surface area (Å²) in [6.45, 7) is 2.01. The average Bonchev–Trinajstić information content (AvgIpc) is 2.33. The van der Waals surface area contributed by atoms with Gasteiger partial charge in [-0.15, -0.1) is 0 Å².